The molecule has 1 aromatic carbocycles. The number of para-hydroxylation sites is 2. The number of nitrogens with one attached hydrogen (secondary N) is 1. The van der Waals surface area contributed by atoms with Crippen LogP contribution in [0.5, 0.6) is 11.5 Å². The second-order valence-electron chi connectivity index (χ2n) is 5.92. The van der Waals surface area contributed by atoms with Gasteiger partial charge in [0.1, 0.15) is 17.7 Å². The van der Waals surface area contributed by atoms with E-state index in [4.69, 9.17) is 25.6 Å². The van der Waals surface area contributed by atoms with Crippen LogP contribution < -0.4 is 14.8 Å². The summed E-state index contributed by atoms with van der Waals surface area (Å²) in [6, 6.07) is 7.63. The van der Waals surface area contributed by atoms with Crippen LogP contribution >= 0.6 is 24.0 Å². The third kappa shape index (κ3) is 6.68. The van der Waals surface area contributed by atoms with E-state index in [0.29, 0.717) is 40.6 Å². The first kappa shape index (κ1) is 22.6. The Hall–Kier alpha value is -1.47. The fourth-order valence-electron chi connectivity index (χ4n) is 2.05. The fraction of sp³-hybridized carbons (Fsp3) is 0.500. The Bertz CT molecular complexity index is 666. The number of halogens is 2. The monoisotopic (exact) mass is 404 g/mol. The van der Waals surface area contributed by atoms with E-state index in [1.165, 1.54) is 0 Å². The average Bonchev–Trinajstić information content (AvgIpc) is 2.95. The van der Waals surface area contributed by atoms with Crippen LogP contribution in [0.15, 0.2) is 28.8 Å². The van der Waals surface area contributed by atoms with Gasteiger partial charge in [0.15, 0.2) is 23.9 Å². The van der Waals surface area contributed by atoms with Gasteiger partial charge in [0, 0.05) is 12.6 Å². The van der Waals surface area contributed by atoms with Gasteiger partial charge in [0.2, 0.25) is 0 Å². The normalized spacial score (nSPS) is 13.0. The highest BCUT2D eigenvalue weighted by atomic mass is 35.5. The van der Waals surface area contributed by atoms with Gasteiger partial charge < -0.3 is 24.4 Å². The van der Waals surface area contributed by atoms with Crippen molar-refractivity contribution in [1.82, 2.24) is 10.5 Å². The number of aliphatic hydroxyl groups excluding tert-OH is 1. The minimum atomic E-state index is -0.603. The van der Waals surface area contributed by atoms with E-state index in [1.807, 2.05) is 12.1 Å². The van der Waals surface area contributed by atoms with Gasteiger partial charge in [-0.15, -0.1) is 12.4 Å². The van der Waals surface area contributed by atoms with E-state index in [0.717, 1.165) is 6.42 Å². The van der Waals surface area contributed by atoms with Crippen molar-refractivity contribution in [3.8, 4) is 11.5 Å². The molecule has 0 bridgehead atoms. The summed E-state index contributed by atoms with van der Waals surface area (Å²) >= 11 is 6.08. The molecule has 0 aliphatic heterocycles. The smallest absolute Gasteiger partial charge is 0.192 e. The summed E-state index contributed by atoms with van der Waals surface area (Å²) in [4.78, 5) is 0. The van der Waals surface area contributed by atoms with Crippen molar-refractivity contribution >= 4 is 24.0 Å². The number of aromatic nitrogens is 1. The first-order valence-electron chi connectivity index (χ1n) is 8.38. The lowest BCUT2D eigenvalue weighted by atomic mass is 10.2. The highest BCUT2D eigenvalue weighted by Gasteiger charge is 2.14. The molecule has 1 aromatic heterocycles. The summed E-state index contributed by atoms with van der Waals surface area (Å²) in [5.74, 6) is 1.57. The van der Waals surface area contributed by atoms with Gasteiger partial charge in [-0.25, -0.2) is 0 Å². The molecule has 0 saturated heterocycles. The Kier molecular flexibility index (Phi) is 9.80. The maximum absolute atomic E-state index is 10.0. The Morgan fingerprint density at radius 3 is 2.50 bits per heavy atom. The SMILES string of the molecule is CCC(C)NCC(O)COc1ccccc1OCc1onc(C)c1Cl.Cl. The van der Waals surface area contributed by atoms with E-state index in [9.17, 15) is 5.11 Å². The number of hydrogen-bond donors (Lipinski definition) is 2. The molecular formula is C18H26Cl2N2O4. The summed E-state index contributed by atoms with van der Waals surface area (Å²) in [7, 11) is 0. The van der Waals surface area contributed by atoms with Crippen molar-refractivity contribution in [2.45, 2.75) is 45.9 Å². The van der Waals surface area contributed by atoms with Crippen molar-refractivity contribution in [1.29, 1.82) is 0 Å². The molecule has 0 fully saturated rings. The fourth-order valence-corrected chi connectivity index (χ4v) is 2.18. The predicted molar refractivity (Wildman–Crippen MR) is 104 cm³/mol. The Morgan fingerprint density at radius 1 is 1.27 bits per heavy atom. The summed E-state index contributed by atoms with van der Waals surface area (Å²) in [5.41, 5.74) is 0.627. The second-order valence-corrected chi connectivity index (χ2v) is 6.30. The highest BCUT2D eigenvalue weighted by Crippen LogP contribution is 2.29. The van der Waals surface area contributed by atoms with Gasteiger partial charge in [-0.2, -0.15) is 0 Å². The summed E-state index contributed by atoms with van der Waals surface area (Å²) < 4.78 is 16.5. The Balaban J connectivity index is 0.00000338. The maximum Gasteiger partial charge on any atom is 0.192 e. The van der Waals surface area contributed by atoms with Gasteiger partial charge in [0.25, 0.3) is 0 Å². The summed E-state index contributed by atoms with van der Waals surface area (Å²) in [6.45, 7) is 6.74. The van der Waals surface area contributed by atoms with Gasteiger partial charge in [-0.1, -0.05) is 35.8 Å². The molecule has 2 N–H and O–H groups in total. The summed E-state index contributed by atoms with van der Waals surface area (Å²) in [6.07, 6.45) is 0.405. The van der Waals surface area contributed by atoms with Crippen molar-refractivity contribution in [2.24, 2.45) is 0 Å². The zero-order valence-electron chi connectivity index (χ0n) is 15.2. The molecule has 0 spiro atoms. The van der Waals surface area contributed by atoms with E-state index in [-0.39, 0.29) is 25.6 Å². The number of benzene rings is 1. The number of aryl methyl sites for hydroxylation is 1. The van der Waals surface area contributed by atoms with Crippen molar-refractivity contribution in [2.75, 3.05) is 13.2 Å². The van der Waals surface area contributed by atoms with E-state index in [2.05, 4.69) is 24.3 Å². The van der Waals surface area contributed by atoms with Crippen LogP contribution in [-0.4, -0.2) is 35.6 Å². The quantitative estimate of drug-likeness (QED) is 0.627. The van der Waals surface area contributed by atoms with Crippen LogP contribution in [0.2, 0.25) is 5.02 Å². The van der Waals surface area contributed by atoms with Crippen LogP contribution in [0.3, 0.4) is 0 Å². The number of rotatable bonds is 10. The van der Waals surface area contributed by atoms with Crippen LogP contribution in [0, 0.1) is 6.92 Å². The lowest BCUT2D eigenvalue weighted by molar-refractivity contribution is 0.101. The molecule has 8 heteroatoms. The van der Waals surface area contributed by atoms with Gasteiger partial charge in [-0.05, 0) is 32.4 Å². The molecule has 2 aromatic rings. The largest absolute Gasteiger partial charge is 0.487 e. The third-order valence-electron chi connectivity index (χ3n) is 3.81. The molecule has 6 nitrogen and oxygen atoms in total. The molecule has 26 heavy (non-hydrogen) atoms. The molecule has 0 saturated carbocycles. The van der Waals surface area contributed by atoms with Gasteiger partial charge in [-0.3, -0.25) is 0 Å². The molecular weight excluding hydrogens is 379 g/mol. The minimum Gasteiger partial charge on any atom is -0.487 e. The van der Waals surface area contributed by atoms with Crippen LogP contribution in [-0.2, 0) is 6.61 Å². The number of hydrogen-bond acceptors (Lipinski definition) is 6. The van der Waals surface area contributed by atoms with Gasteiger partial charge in [0.05, 0.1) is 5.69 Å². The lowest BCUT2D eigenvalue weighted by Crippen LogP contribution is -2.36. The number of nitrogens with zero attached hydrogens (tertiary/aromatic N) is 1. The zero-order valence-corrected chi connectivity index (χ0v) is 16.8. The van der Waals surface area contributed by atoms with Crippen LogP contribution in [0.25, 0.3) is 0 Å². The van der Waals surface area contributed by atoms with Gasteiger partial charge >= 0.3 is 0 Å². The molecule has 2 rings (SSSR count). The highest BCUT2D eigenvalue weighted by molar-refractivity contribution is 6.31. The number of ether oxygens (including phenoxy) is 2. The summed E-state index contributed by atoms with van der Waals surface area (Å²) in [5, 5.41) is 17.5. The van der Waals surface area contributed by atoms with E-state index in [1.54, 1.807) is 19.1 Å². The number of aliphatic hydroxyl groups is 1. The third-order valence-corrected chi connectivity index (χ3v) is 4.29. The zero-order chi connectivity index (χ0) is 18.2. The van der Waals surface area contributed by atoms with Crippen LogP contribution in [0.4, 0.5) is 0 Å². The molecule has 0 aliphatic carbocycles. The van der Waals surface area contributed by atoms with Crippen LogP contribution in [0.1, 0.15) is 31.7 Å². The average molecular weight is 405 g/mol. The topological polar surface area (TPSA) is 76.8 Å². The first-order chi connectivity index (χ1) is 12.0. The molecule has 2 unspecified atom stereocenters. The standard InChI is InChI=1S/C18H25ClN2O4.ClH/c1-4-12(2)20-9-14(22)10-23-15-7-5-6-8-16(15)24-11-17-18(19)13(3)21-25-17;/h5-8,12,14,20,22H,4,9-11H2,1-3H3;1H. The molecule has 146 valence electrons. The molecule has 0 amide bonds. The second kappa shape index (κ2) is 11.3. The Morgan fingerprint density at radius 2 is 1.92 bits per heavy atom. The minimum absolute atomic E-state index is 0. The van der Waals surface area contributed by atoms with E-state index >= 15 is 0 Å². The molecule has 0 aliphatic rings. The molecule has 1 heterocycles. The predicted octanol–water partition coefficient (Wildman–Crippen LogP) is 3.77. The lowest BCUT2D eigenvalue weighted by Gasteiger charge is -2.17. The van der Waals surface area contributed by atoms with E-state index < -0.39 is 6.10 Å². The Labute approximate surface area is 165 Å². The molecule has 2 atom stereocenters. The molecule has 0 radical (unpaired) electrons. The van der Waals surface area contributed by atoms with Crippen molar-refractivity contribution in [3.63, 3.8) is 0 Å². The van der Waals surface area contributed by atoms with Crippen molar-refractivity contribution in [3.05, 3.63) is 40.7 Å². The maximum atomic E-state index is 10.0. The van der Waals surface area contributed by atoms with Crippen molar-refractivity contribution < 1.29 is 19.1 Å². The first-order valence-corrected chi connectivity index (χ1v) is 8.75.